The van der Waals surface area contributed by atoms with Gasteiger partial charge in [0, 0.05) is 39.7 Å². The summed E-state index contributed by atoms with van der Waals surface area (Å²) in [7, 11) is 0. The average Bonchev–Trinajstić information content (AvgIpc) is 3.83. The highest BCUT2D eigenvalue weighted by atomic mass is 16.5. The van der Waals surface area contributed by atoms with E-state index in [0.29, 0.717) is 18.1 Å². The number of carbonyl (C=O) groups is 1. The summed E-state index contributed by atoms with van der Waals surface area (Å²) in [5.74, 6) is 1.76. The third-order valence-electron chi connectivity index (χ3n) is 8.84. The number of furan rings is 1. The number of hydrazone groups is 1. The molecule has 0 atom stereocenters. The summed E-state index contributed by atoms with van der Waals surface area (Å²) < 4.78 is 22.1. The topological polar surface area (TPSA) is 82.9 Å². The van der Waals surface area contributed by atoms with Gasteiger partial charge in [-0.3, -0.25) is 4.79 Å². The first-order chi connectivity index (χ1) is 24.3. The lowest BCUT2D eigenvalue weighted by molar-refractivity contribution is 0.0923. The van der Waals surface area contributed by atoms with Crippen molar-refractivity contribution in [3.63, 3.8) is 0 Å². The number of aromatic nitrogens is 2. The lowest BCUT2D eigenvalue weighted by Crippen LogP contribution is -2.16. The van der Waals surface area contributed by atoms with Gasteiger partial charge in [-0.15, -0.1) is 0 Å². The van der Waals surface area contributed by atoms with Crippen LogP contribution in [-0.2, 0) is 13.2 Å². The number of fused-ring (bicyclic) bond motifs is 1. The smallest absolute Gasteiger partial charge is 0.307 e. The molecule has 0 aliphatic rings. The summed E-state index contributed by atoms with van der Waals surface area (Å²) >= 11 is 0. The molecule has 3 heterocycles. The van der Waals surface area contributed by atoms with Crippen molar-refractivity contribution in [2.24, 2.45) is 5.10 Å². The van der Waals surface area contributed by atoms with Gasteiger partial charge in [0.1, 0.15) is 30.5 Å². The maximum absolute atomic E-state index is 12.8. The van der Waals surface area contributed by atoms with Crippen LogP contribution in [0.15, 0.2) is 131 Å². The Morgan fingerprint density at radius 1 is 0.700 bits per heavy atom. The first-order valence-electron chi connectivity index (χ1n) is 16.5. The van der Waals surface area contributed by atoms with Crippen molar-refractivity contribution in [2.75, 3.05) is 0 Å². The molecule has 4 aromatic carbocycles. The van der Waals surface area contributed by atoms with Crippen molar-refractivity contribution in [1.82, 2.24) is 14.6 Å². The van der Waals surface area contributed by atoms with Gasteiger partial charge in [-0.1, -0.05) is 42.5 Å². The van der Waals surface area contributed by atoms with Crippen LogP contribution in [0.4, 0.5) is 0 Å². The van der Waals surface area contributed by atoms with E-state index in [2.05, 4.69) is 82.0 Å². The zero-order valence-corrected chi connectivity index (χ0v) is 28.5. The van der Waals surface area contributed by atoms with Crippen molar-refractivity contribution >= 4 is 22.9 Å². The zero-order valence-electron chi connectivity index (χ0n) is 28.5. The zero-order chi connectivity index (χ0) is 34.6. The highest BCUT2D eigenvalue weighted by Gasteiger charge is 2.13. The third kappa shape index (κ3) is 6.82. The fourth-order valence-electron chi connectivity index (χ4n) is 6.30. The number of nitrogens with zero attached hydrogens (tertiary/aromatic N) is 3. The highest BCUT2D eigenvalue weighted by Crippen LogP contribution is 2.25. The molecule has 0 aliphatic carbocycles. The molecular formula is C42H38N4O4. The van der Waals surface area contributed by atoms with Gasteiger partial charge in [0.2, 0.25) is 0 Å². The summed E-state index contributed by atoms with van der Waals surface area (Å²) in [5.41, 5.74) is 11.1. The second-order valence-electron chi connectivity index (χ2n) is 12.3. The molecule has 0 unspecified atom stereocenters. The molecule has 8 nitrogen and oxygen atoms in total. The maximum atomic E-state index is 12.8. The molecule has 250 valence electrons. The Morgan fingerprint density at radius 3 is 2.06 bits per heavy atom. The Balaban J connectivity index is 0.930. The summed E-state index contributed by atoms with van der Waals surface area (Å²) in [5, 5.41) is 6.61. The average molecular weight is 663 g/mol. The normalized spacial score (nSPS) is 11.4. The molecule has 7 rings (SSSR count). The first-order valence-corrected chi connectivity index (χ1v) is 16.5. The number of nitrogens with one attached hydrogen (secondary N) is 1. The van der Waals surface area contributed by atoms with Crippen molar-refractivity contribution in [2.45, 2.75) is 40.9 Å². The van der Waals surface area contributed by atoms with Crippen LogP contribution in [0.5, 0.6) is 11.5 Å². The molecule has 8 heteroatoms. The summed E-state index contributed by atoms with van der Waals surface area (Å²) in [6, 6.07) is 40.1. The number of hydrogen-bond donors (Lipinski definition) is 1. The molecule has 0 spiro atoms. The predicted octanol–water partition coefficient (Wildman–Crippen LogP) is 9.17. The van der Waals surface area contributed by atoms with Gasteiger partial charge in [-0.05, 0) is 123 Å². The second kappa shape index (κ2) is 14.1. The summed E-state index contributed by atoms with van der Waals surface area (Å²) in [6.07, 6.45) is 1.64. The number of aryl methyl sites for hydroxylation is 3. The second-order valence-corrected chi connectivity index (χ2v) is 12.3. The molecule has 0 bridgehead atoms. The largest absolute Gasteiger partial charge is 0.489 e. The number of amides is 1. The predicted molar refractivity (Wildman–Crippen MR) is 197 cm³/mol. The fourth-order valence-corrected chi connectivity index (χ4v) is 6.30. The molecule has 1 amide bonds. The minimum absolute atomic E-state index is 0.155. The van der Waals surface area contributed by atoms with Crippen LogP contribution in [0.2, 0.25) is 0 Å². The molecule has 1 N–H and O–H groups in total. The Labute approximate surface area is 291 Å². The third-order valence-corrected chi connectivity index (χ3v) is 8.84. The van der Waals surface area contributed by atoms with E-state index in [1.807, 2.05) is 74.5 Å². The summed E-state index contributed by atoms with van der Waals surface area (Å²) in [4.78, 5) is 12.8. The molecule has 50 heavy (non-hydrogen) atoms. The van der Waals surface area contributed by atoms with E-state index in [4.69, 9.17) is 13.9 Å². The van der Waals surface area contributed by atoms with Crippen molar-refractivity contribution in [3.8, 4) is 22.9 Å². The Morgan fingerprint density at radius 2 is 1.34 bits per heavy atom. The van der Waals surface area contributed by atoms with E-state index in [-0.39, 0.29) is 12.4 Å². The molecule has 0 radical (unpaired) electrons. The minimum atomic E-state index is -0.442. The van der Waals surface area contributed by atoms with Crippen LogP contribution >= 0.6 is 0 Å². The molecule has 3 aromatic heterocycles. The van der Waals surface area contributed by atoms with Gasteiger partial charge in [0.25, 0.3) is 0 Å². The fraction of sp³-hybridized carbons (Fsp3) is 0.143. The monoisotopic (exact) mass is 662 g/mol. The van der Waals surface area contributed by atoms with Crippen LogP contribution < -0.4 is 14.9 Å². The first kappa shape index (κ1) is 32.3. The van der Waals surface area contributed by atoms with Crippen molar-refractivity contribution < 1.29 is 18.7 Å². The molecule has 0 saturated carbocycles. The highest BCUT2D eigenvalue weighted by molar-refractivity contribution is 5.92. The number of hydrogen-bond acceptors (Lipinski definition) is 5. The lowest BCUT2D eigenvalue weighted by atomic mass is 10.1. The molecule has 0 saturated heterocycles. The van der Waals surface area contributed by atoms with Gasteiger partial charge >= 0.3 is 5.91 Å². The minimum Gasteiger partial charge on any atom is -0.489 e. The Kier molecular flexibility index (Phi) is 9.08. The molecule has 0 fully saturated rings. The van der Waals surface area contributed by atoms with Gasteiger partial charge in [0.05, 0.1) is 6.21 Å². The van der Waals surface area contributed by atoms with Gasteiger partial charge in [-0.2, -0.15) is 5.10 Å². The summed E-state index contributed by atoms with van der Waals surface area (Å²) in [6.45, 7) is 8.91. The van der Waals surface area contributed by atoms with Crippen LogP contribution in [0, 0.1) is 27.7 Å². The van der Waals surface area contributed by atoms with Crippen LogP contribution in [0.3, 0.4) is 0 Å². The SMILES string of the molecule is Cc1ccc(C)n1-c1ccc(OCc2ccc(C(=O)N/N=C/c3cc(C)n(-c4ccc(OCc5cccc6ccccc56)cc4)c3C)o2)cc1. The lowest BCUT2D eigenvalue weighted by Gasteiger charge is -2.12. The molecular weight excluding hydrogens is 624 g/mol. The van der Waals surface area contributed by atoms with Crippen molar-refractivity contribution in [1.29, 1.82) is 0 Å². The number of rotatable bonds is 11. The quantitative estimate of drug-likeness (QED) is 0.111. The Bertz CT molecular complexity index is 2280. The number of ether oxygens (including phenoxy) is 2. The van der Waals surface area contributed by atoms with E-state index in [1.54, 1.807) is 18.3 Å². The maximum Gasteiger partial charge on any atom is 0.307 e. The van der Waals surface area contributed by atoms with E-state index in [9.17, 15) is 4.79 Å². The number of carbonyl (C=O) groups excluding carboxylic acids is 1. The van der Waals surface area contributed by atoms with Gasteiger partial charge in [-0.25, -0.2) is 5.43 Å². The van der Waals surface area contributed by atoms with Gasteiger partial charge in [0.15, 0.2) is 5.76 Å². The number of benzene rings is 4. The van der Waals surface area contributed by atoms with E-state index >= 15 is 0 Å². The van der Waals surface area contributed by atoms with E-state index < -0.39 is 5.91 Å². The van der Waals surface area contributed by atoms with E-state index in [0.717, 1.165) is 39.6 Å². The van der Waals surface area contributed by atoms with Crippen molar-refractivity contribution in [3.05, 3.63) is 167 Å². The van der Waals surface area contributed by atoms with Crippen LogP contribution in [0.25, 0.3) is 22.1 Å². The van der Waals surface area contributed by atoms with Crippen LogP contribution in [-0.4, -0.2) is 21.3 Å². The van der Waals surface area contributed by atoms with Gasteiger partial charge < -0.3 is 23.0 Å². The molecule has 7 aromatic rings. The van der Waals surface area contributed by atoms with Crippen LogP contribution in [0.1, 0.15) is 50.2 Å². The standard InChI is InChI=1S/C42H38N4O4/c1-28-12-13-29(2)45(28)35-14-18-38(19-15-35)49-27-39-22-23-41(50-39)42(47)44-43-25-34-24-30(3)46(31(34)4)36-16-20-37(21-17-36)48-26-33-10-7-9-32-8-5-6-11-40(32)33/h5-25H,26-27H2,1-4H3,(H,44,47)/b43-25+. The molecule has 0 aliphatic heterocycles. The van der Waals surface area contributed by atoms with E-state index in [1.165, 1.54) is 22.2 Å². The Hall–Kier alpha value is -6.28.